The van der Waals surface area contributed by atoms with Gasteiger partial charge in [-0.1, -0.05) is 23.9 Å². The molecule has 114 valence electrons. The first-order valence-corrected chi connectivity index (χ1v) is 9.56. The Kier molecular flexibility index (Phi) is 4.97. The Hall–Kier alpha value is -1.57. The second kappa shape index (κ2) is 7.13. The van der Waals surface area contributed by atoms with Gasteiger partial charge >= 0.3 is 0 Å². The summed E-state index contributed by atoms with van der Waals surface area (Å²) in [6.45, 7) is 2.07. The molecule has 0 aliphatic heterocycles. The Morgan fingerprint density at radius 1 is 1.36 bits per heavy atom. The number of aromatic nitrogens is 2. The van der Waals surface area contributed by atoms with Crippen LogP contribution >= 0.6 is 34.2 Å². The molecule has 0 spiro atoms. The van der Waals surface area contributed by atoms with E-state index in [0.29, 0.717) is 4.88 Å². The maximum atomic E-state index is 12.6. The van der Waals surface area contributed by atoms with Crippen LogP contribution in [-0.4, -0.2) is 15.5 Å². The molecule has 22 heavy (non-hydrogen) atoms. The molecule has 3 heterocycles. The van der Waals surface area contributed by atoms with Crippen LogP contribution in [0.3, 0.4) is 0 Å². The third-order valence-electron chi connectivity index (χ3n) is 3.23. The Bertz CT molecular complexity index is 685. The van der Waals surface area contributed by atoms with E-state index in [4.69, 9.17) is 0 Å². The topological polar surface area (TPSA) is 54.9 Å². The van der Waals surface area contributed by atoms with Crippen LogP contribution in [0.2, 0.25) is 0 Å². The summed E-state index contributed by atoms with van der Waals surface area (Å²) in [6, 6.07) is 5.98. The van der Waals surface area contributed by atoms with Crippen molar-refractivity contribution in [1.82, 2.24) is 14.9 Å². The average molecular weight is 350 g/mol. The van der Waals surface area contributed by atoms with Crippen molar-refractivity contribution >= 4 is 40.1 Å². The Morgan fingerprint density at radius 3 is 2.95 bits per heavy atom. The molecule has 3 rings (SSSR count). The molecule has 0 saturated heterocycles. The van der Waals surface area contributed by atoms with Crippen molar-refractivity contribution in [3.8, 4) is 0 Å². The van der Waals surface area contributed by atoms with Crippen LogP contribution in [0.4, 0.5) is 0 Å². The normalized spacial score (nSPS) is 12.2. The lowest BCUT2D eigenvalue weighted by molar-refractivity contribution is 0.0946. The molecule has 0 unspecified atom stereocenters. The minimum Gasteiger partial charge on any atom is -0.339 e. The van der Waals surface area contributed by atoms with Gasteiger partial charge < -0.3 is 5.32 Å². The molecule has 7 heteroatoms. The summed E-state index contributed by atoms with van der Waals surface area (Å²) in [5.74, 6) is -0.0944. The first kappa shape index (κ1) is 15.3. The van der Waals surface area contributed by atoms with Crippen LogP contribution in [-0.2, 0) is 6.42 Å². The van der Waals surface area contributed by atoms with E-state index in [1.807, 2.05) is 29.0 Å². The van der Waals surface area contributed by atoms with Gasteiger partial charge in [-0.3, -0.25) is 4.79 Å². The first-order valence-electron chi connectivity index (χ1n) is 6.97. The van der Waals surface area contributed by atoms with E-state index in [9.17, 15) is 4.79 Å². The van der Waals surface area contributed by atoms with Crippen LogP contribution < -0.4 is 5.32 Å². The van der Waals surface area contributed by atoms with Gasteiger partial charge in [0.1, 0.15) is 4.88 Å². The van der Waals surface area contributed by atoms with E-state index in [-0.39, 0.29) is 11.9 Å². The summed E-state index contributed by atoms with van der Waals surface area (Å²) in [5, 5.41) is 13.3. The summed E-state index contributed by atoms with van der Waals surface area (Å²) in [7, 11) is 0. The fraction of sp³-hybridized carbons (Fsp3) is 0.267. The lowest BCUT2D eigenvalue weighted by Crippen LogP contribution is -2.28. The van der Waals surface area contributed by atoms with Gasteiger partial charge in [0.15, 0.2) is 0 Å². The monoisotopic (exact) mass is 349 g/mol. The summed E-state index contributed by atoms with van der Waals surface area (Å²) >= 11 is 4.44. The third-order valence-corrected chi connectivity index (χ3v) is 5.63. The zero-order valence-corrected chi connectivity index (χ0v) is 14.4. The van der Waals surface area contributed by atoms with Crippen molar-refractivity contribution in [3.05, 3.63) is 55.4 Å². The lowest BCUT2D eigenvalue weighted by Gasteiger charge is -2.16. The standard InChI is InChI=1S/C15H15N3OS3/c1-2-4-11-14(22-18-17-11)15(19)16-13(10-6-8-20-9-10)12-5-3-7-21-12/h3,5-9,13H,2,4H2,1H3,(H,16,19)/t13-/m0/s1. The molecule has 3 aromatic heterocycles. The minimum atomic E-state index is -0.115. The van der Waals surface area contributed by atoms with Crippen LogP contribution in [0.1, 0.15) is 45.2 Å². The number of nitrogens with one attached hydrogen (secondary N) is 1. The smallest absolute Gasteiger partial charge is 0.265 e. The summed E-state index contributed by atoms with van der Waals surface area (Å²) in [5.41, 5.74) is 1.90. The van der Waals surface area contributed by atoms with E-state index in [1.165, 1.54) is 11.5 Å². The maximum absolute atomic E-state index is 12.6. The Morgan fingerprint density at radius 2 is 2.27 bits per heavy atom. The van der Waals surface area contributed by atoms with Gasteiger partial charge in [-0.25, -0.2) is 0 Å². The number of thiophene rings is 2. The molecule has 3 aromatic rings. The predicted molar refractivity (Wildman–Crippen MR) is 91.9 cm³/mol. The van der Waals surface area contributed by atoms with Crippen molar-refractivity contribution in [2.75, 3.05) is 0 Å². The lowest BCUT2D eigenvalue weighted by atomic mass is 10.1. The number of carbonyl (C=O) groups excluding carboxylic acids is 1. The Balaban J connectivity index is 1.84. The molecule has 0 saturated carbocycles. The van der Waals surface area contributed by atoms with E-state index < -0.39 is 0 Å². The van der Waals surface area contributed by atoms with Crippen molar-refractivity contribution in [3.63, 3.8) is 0 Å². The summed E-state index contributed by atoms with van der Waals surface area (Å²) < 4.78 is 3.93. The minimum absolute atomic E-state index is 0.0944. The van der Waals surface area contributed by atoms with Gasteiger partial charge in [0.2, 0.25) is 0 Å². The molecule has 0 aliphatic carbocycles. The van der Waals surface area contributed by atoms with Gasteiger partial charge in [-0.05, 0) is 51.8 Å². The number of amides is 1. The number of rotatable bonds is 6. The van der Waals surface area contributed by atoms with Crippen LogP contribution in [0.5, 0.6) is 0 Å². The highest BCUT2D eigenvalue weighted by molar-refractivity contribution is 7.10. The largest absolute Gasteiger partial charge is 0.339 e. The molecule has 4 nitrogen and oxygen atoms in total. The highest BCUT2D eigenvalue weighted by atomic mass is 32.1. The molecule has 0 aliphatic rings. The van der Waals surface area contributed by atoms with Gasteiger partial charge in [0.25, 0.3) is 5.91 Å². The van der Waals surface area contributed by atoms with Crippen molar-refractivity contribution in [2.24, 2.45) is 0 Å². The fourth-order valence-electron chi connectivity index (χ4n) is 2.19. The number of aryl methyl sites for hydroxylation is 1. The highest BCUT2D eigenvalue weighted by Crippen LogP contribution is 2.28. The second-order valence-electron chi connectivity index (χ2n) is 4.78. The number of hydrogen-bond donors (Lipinski definition) is 1. The van der Waals surface area contributed by atoms with Crippen molar-refractivity contribution in [2.45, 2.75) is 25.8 Å². The van der Waals surface area contributed by atoms with E-state index >= 15 is 0 Å². The van der Waals surface area contributed by atoms with Crippen molar-refractivity contribution in [1.29, 1.82) is 0 Å². The summed E-state index contributed by atoms with van der Waals surface area (Å²) in [4.78, 5) is 14.4. The molecule has 0 aromatic carbocycles. The van der Waals surface area contributed by atoms with Crippen LogP contribution in [0.25, 0.3) is 0 Å². The van der Waals surface area contributed by atoms with Crippen LogP contribution in [0.15, 0.2) is 34.3 Å². The molecule has 1 atom stereocenters. The van der Waals surface area contributed by atoms with Crippen LogP contribution in [0, 0.1) is 0 Å². The molecule has 1 N–H and O–H groups in total. The predicted octanol–water partition coefficient (Wildman–Crippen LogP) is 4.13. The zero-order chi connectivity index (χ0) is 15.4. The molecule has 0 radical (unpaired) electrons. The highest BCUT2D eigenvalue weighted by Gasteiger charge is 2.22. The fourth-order valence-corrected chi connectivity index (χ4v) is 4.29. The number of nitrogens with zero attached hydrogens (tertiary/aromatic N) is 2. The molecule has 0 fully saturated rings. The van der Waals surface area contributed by atoms with E-state index in [1.54, 1.807) is 22.7 Å². The van der Waals surface area contributed by atoms with E-state index in [0.717, 1.165) is 29.0 Å². The third kappa shape index (κ3) is 3.26. The molecular weight excluding hydrogens is 334 g/mol. The number of hydrogen-bond acceptors (Lipinski definition) is 6. The number of carbonyl (C=O) groups is 1. The van der Waals surface area contributed by atoms with Gasteiger partial charge in [0, 0.05) is 4.88 Å². The molecular formula is C15H15N3OS3. The average Bonchev–Trinajstić information content (AvgIpc) is 3.26. The van der Waals surface area contributed by atoms with Gasteiger partial charge in [0.05, 0.1) is 11.7 Å². The van der Waals surface area contributed by atoms with Gasteiger partial charge in [-0.15, -0.1) is 16.4 Å². The van der Waals surface area contributed by atoms with Gasteiger partial charge in [-0.2, -0.15) is 11.3 Å². The zero-order valence-electron chi connectivity index (χ0n) is 12.0. The summed E-state index contributed by atoms with van der Waals surface area (Å²) in [6.07, 6.45) is 1.73. The second-order valence-corrected chi connectivity index (χ2v) is 7.29. The molecule has 0 bridgehead atoms. The quantitative estimate of drug-likeness (QED) is 0.728. The molecule has 1 amide bonds. The van der Waals surface area contributed by atoms with E-state index in [2.05, 4.69) is 27.2 Å². The first-order chi connectivity index (χ1) is 10.8. The van der Waals surface area contributed by atoms with Crippen molar-refractivity contribution < 1.29 is 4.79 Å². The Labute approximate surface area is 141 Å². The maximum Gasteiger partial charge on any atom is 0.265 e. The SMILES string of the molecule is CCCc1nnsc1C(=O)N[C@@H](c1ccsc1)c1cccs1.